The van der Waals surface area contributed by atoms with Gasteiger partial charge in [-0.05, 0) is 71.4 Å². The summed E-state index contributed by atoms with van der Waals surface area (Å²) in [5.74, 6) is -3.09. The van der Waals surface area contributed by atoms with Crippen LogP contribution in [-0.2, 0) is 85.5 Å². The highest BCUT2D eigenvalue weighted by atomic mass is 16.8. The molecule has 7 rings (SSSR count). The summed E-state index contributed by atoms with van der Waals surface area (Å²) in [6.07, 6.45) is -20.4. The maximum Gasteiger partial charge on any atom is 0.331 e. The number of rotatable bonds is 28. The van der Waals surface area contributed by atoms with Crippen molar-refractivity contribution in [2.75, 3.05) is 6.61 Å². The summed E-state index contributed by atoms with van der Waals surface area (Å²) in [6, 6.07) is 8.87. The van der Waals surface area contributed by atoms with Crippen LogP contribution in [0, 0.1) is 0 Å². The van der Waals surface area contributed by atoms with E-state index in [1.807, 2.05) is 6.92 Å². The fourth-order valence-electron chi connectivity index (χ4n) is 13.3. The molecule has 0 aliphatic carbocycles. The molecule has 1 aromatic rings. The number of hydrogen-bond donors (Lipinski definition) is 8. The second-order valence-electron chi connectivity index (χ2n) is 27.0. The molecule has 6 aliphatic rings. The van der Waals surface area contributed by atoms with Crippen LogP contribution in [-0.4, -0.2) is 231 Å². The fraction of sp³-hybridized carbons (Fsp3) is 0.831. The molecule has 0 radical (unpaired) electrons. The number of carbonyl (C=O) groups excluding carboxylic acids is 4. The average Bonchev–Trinajstić information content (AvgIpc) is 0.767. The lowest BCUT2D eigenvalue weighted by Crippen LogP contribution is -2.68. The van der Waals surface area contributed by atoms with Crippen molar-refractivity contribution in [1.82, 2.24) is 0 Å². The van der Waals surface area contributed by atoms with Crippen LogP contribution in [0.5, 0.6) is 0 Å². The third kappa shape index (κ3) is 23.6. The highest BCUT2D eigenvalue weighted by Gasteiger charge is 2.59. The van der Waals surface area contributed by atoms with Crippen molar-refractivity contribution >= 4 is 30.0 Å². The first-order valence-electron chi connectivity index (χ1n) is 36.1. The Balaban J connectivity index is 1.25. The Morgan fingerprint density at radius 3 is 1.68 bits per heavy atom. The SMILES string of the molecule is CCCCCCCC(=O)O[C@@H]1[C@@H](OC(=O)/C=C/c2ccccc2)[C@@H](O)[C@H](O[C@@H]2[C@@H](O[C@@H]3O[C@H](CO)[C@@H](O)[C@H](O)[C@H]3O)[C@@H](OC(=O)CCCCCCC)[C@H](O[C@@H]3[C@@H](O)[C@H]4OC(=O)CCCCCCCCC[C@H](CCCCC)O[C@@H]5O[C@H](C)[C@H](O)[C@H](O)[C@H]5O[C@@H]4O[C@H]3C)O[C@H]2C)O[C@H]1C. The van der Waals surface area contributed by atoms with E-state index in [0.29, 0.717) is 44.1 Å². The van der Waals surface area contributed by atoms with Gasteiger partial charge in [0.05, 0.1) is 37.1 Å². The van der Waals surface area contributed by atoms with E-state index in [1.54, 1.807) is 37.3 Å². The van der Waals surface area contributed by atoms with Gasteiger partial charge in [0, 0.05) is 25.3 Å². The summed E-state index contributed by atoms with van der Waals surface area (Å²) < 4.78 is 89.3. The number of fused-ring (bicyclic) bond motifs is 2. The largest absolute Gasteiger partial charge is 0.455 e. The molecular formula is C71H114O26. The van der Waals surface area contributed by atoms with Crippen LogP contribution in [0.4, 0.5) is 0 Å². The standard InChI is InChI=1S/C71H114O26/c1-8-11-14-19-28-35-48(73)90-60-43(6)85-68(58(83)62(60)91-51(76)39-38-45-31-25-23-26-32-45)95-61-44(7)87-71(66(93-50(75)37-29-20-15-12-9-2)65(61)97-67-56(81)54(79)53(78)47(40-72)89-67)94-59-42(5)86-70-64(57(59)82)92-49(74)36-30-22-18-16-17-21-27-34-46(33-24-13-10-3)88-69-63(96-70)55(80)52(77)41(4)84-69/h23,25-26,31-32,38-39,41-44,46-47,52-72,77-83H,8-22,24,27-30,33-37,40H2,1-7H3/b39-38+/t41-,42+,43+,44+,46+,47-,52+,53-,54+,55+,56-,57-,58-,59+,60+,61+,62+,63-,64-,65-,66-,67+,68+,69+,70+,71+/m1/s1. The van der Waals surface area contributed by atoms with Gasteiger partial charge in [0.15, 0.2) is 55.9 Å². The maximum absolute atomic E-state index is 14.4. The Kier molecular flexibility index (Phi) is 34.2. The van der Waals surface area contributed by atoms with Gasteiger partial charge < -0.3 is 107 Å². The van der Waals surface area contributed by atoms with Crippen LogP contribution in [0.15, 0.2) is 36.4 Å². The molecule has 554 valence electrons. The van der Waals surface area contributed by atoms with Crippen LogP contribution in [0.1, 0.15) is 215 Å². The quantitative estimate of drug-likeness (QED) is 0.0197. The monoisotopic (exact) mass is 1380 g/mol. The molecule has 0 bridgehead atoms. The first kappa shape index (κ1) is 80.4. The molecule has 0 amide bonds. The first-order chi connectivity index (χ1) is 46.7. The summed E-state index contributed by atoms with van der Waals surface area (Å²) in [5, 5.41) is 92.4. The van der Waals surface area contributed by atoms with Crippen molar-refractivity contribution in [1.29, 1.82) is 0 Å². The highest BCUT2D eigenvalue weighted by Crippen LogP contribution is 2.40. The molecule has 26 nitrogen and oxygen atoms in total. The molecule has 6 aliphatic heterocycles. The van der Waals surface area contributed by atoms with E-state index in [9.17, 15) is 60.0 Å². The smallest absolute Gasteiger partial charge is 0.331 e. The summed E-state index contributed by atoms with van der Waals surface area (Å²) in [4.78, 5) is 55.7. The minimum atomic E-state index is -2.05. The van der Waals surface area contributed by atoms with Gasteiger partial charge in [-0.1, -0.05) is 160 Å². The summed E-state index contributed by atoms with van der Waals surface area (Å²) in [5.41, 5.74) is 0.657. The molecule has 0 spiro atoms. The third-order valence-corrected chi connectivity index (χ3v) is 19.1. The van der Waals surface area contributed by atoms with Gasteiger partial charge in [-0.3, -0.25) is 14.4 Å². The Labute approximate surface area is 571 Å². The Bertz CT molecular complexity index is 2470. The lowest BCUT2D eigenvalue weighted by molar-refractivity contribution is -0.400. The third-order valence-electron chi connectivity index (χ3n) is 19.1. The van der Waals surface area contributed by atoms with Gasteiger partial charge in [-0.25, -0.2) is 4.79 Å². The van der Waals surface area contributed by atoms with Crippen LogP contribution in [0.25, 0.3) is 6.08 Å². The number of carbonyl (C=O) groups is 4. The molecule has 0 aromatic heterocycles. The van der Waals surface area contributed by atoms with Gasteiger partial charge in [-0.2, -0.15) is 0 Å². The molecule has 1 aromatic carbocycles. The van der Waals surface area contributed by atoms with Crippen molar-refractivity contribution in [3.05, 3.63) is 42.0 Å². The Hall–Kier alpha value is -3.88. The first-order valence-corrected chi connectivity index (χ1v) is 36.1. The van der Waals surface area contributed by atoms with Crippen molar-refractivity contribution in [2.24, 2.45) is 0 Å². The van der Waals surface area contributed by atoms with Crippen LogP contribution in [0.2, 0.25) is 0 Å². The zero-order chi connectivity index (χ0) is 70.1. The molecule has 26 atom stereocenters. The molecule has 0 unspecified atom stereocenters. The number of esters is 4. The van der Waals surface area contributed by atoms with Crippen molar-refractivity contribution in [3.63, 3.8) is 0 Å². The molecule has 6 saturated heterocycles. The molecular weight excluding hydrogens is 1270 g/mol. The number of aliphatic hydroxyl groups excluding tert-OH is 8. The van der Waals surface area contributed by atoms with Crippen molar-refractivity contribution in [3.8, 4) is 0 Å². The summed E-state index contributed by atoms with van der Waals surface area (Å²) >= 11 is 0. The van der Waals surface area contributed by atoms with Crippen molar-refractivity contribution in [2.45, 2.75) is 369 Å². The minimum Gasteiger partial charge on any atom is -0.455 e. The normalized spacial score (nSPS) is 38.2. The van der Waals surface area contributed by atoms with E-state index >= 15 is 0 Å². The predicted molar refractivity (Wildman–Crippen MR) is 347 cm³/mol. The lowest BCUT2D eigenvalue weighted by atomic mass is 9.95. The van der Waals surface area contributed by atoms with E-state index in [-0.39, 0.29) is 25.4 Å². The zero-order valence-electron chi connectivity index (χ0n) is 57.9. The maximum atomic E-state index is 14.4. The van der Waals surface area contributed by atoms with Crippen molar-refractivity contribution < 1.29 is 126 Å². The molecule has 26 heteroatoms. The van der Waals surface area contributed by atoms with Gasteiger partial charge in [-0.15, -0.1) is 0 Å². The molecule has 6 heterocycles. The second-order valence-corrected chi connectivity index (χ2v) is 27.0. The topological polar surface area (TPSA) is 359 Å². The van der Waals surface area contributed by atoms with E-state index in [1.165, 1.54) is 26.8 Å². The van der Waals surface area contributed by atoms with Gasteiger partial charge in [0.25, 0.3) is 0 Å². The number of ether oxygens (including phenoxy) is 14. The fourth-order valence-corrected chi connectivity index (χ4v) is 13.3. The van der Waals surface area contributed by atoms with E-state index in [2.05, 4.69) is 13.8 Å². The molecule has 8 N–H and O–H groups in total. The zero-order valence-corrected chi connectivity index (χ0v) is 57.9. The number of hydrogen-bond acceptors (Lipinski definition) is 26. The number of unbranched alkanes of at least 4 members (excludes halogenated alkanes) is 10. The van der Waals surface area contributed by atoms with Gasteiger partial charge >= 0.3 is 23.9 Å². The van der Waals surface area contributed by atoms with Crippen LogP contribution < -0.4 is 0 Å². The highest BCUT2D eigenvalue weighted by molar-refractivity contribution is 5.87. The minimum absolute atomic E-state index is 0.0242. The number of benzene rings is 1. The van der Waals surface area contributed by atoms with Crippen LogP contribution in [0.3, 0.4) is 0 Å². The molecule has 6 fully saturated rings. The second kappa shape index (κ2) is 41.3. The Morgan fingerprint density at radius 1 is 0.474 bits per heavy atom. The van der Waals surface area contributed by atoms with E-state index in [0.717, 1.165) is 109 Å². The number of aliphatic hydroxyl groups is 8. The molecule has 97 heavy (non-hydrogen) atoms. The van der Waals surface area contributed by atoms with E-state index in [4.69, 9.17) is 66.3 Å². The van der Waals surface area contributed by atoms with Crippen LogP contribution >= 0.6 is 0 Å². The Morgan fingerprint density at radius 2 is 1.02 bits per heavy atom. The predicted octanol–water partition coefficient (Wildman–Crippen LogP) is 6.32. The summed E-state index contributed by atoms with van der Waals surface area (Å²) in [7, 11) is 0. The molecule has 0 saturated carbocycles. The van der Waals surface area contributed by atoms with Gasteiger partial charge in [0.2, 0.25) is 0 Å². The van der Waals surface area contributed by atoms with E-state index < -0.39 is 184 Å². The summed E-state index contributed by atoms with van der Waals surface area (Å²) in [6.45, 7) is 11.5. The average molecular weight is 1380 g/mol. The van der Waals surface area contributed by atoms with Gasteiger partial charge in [0.1, 0.15) is 73.2 Å². The lowest BCUT2D eigenvalue weighted by Gasteiger charge is -2.51.